The largest absolute Gasteiger partial charge is 0.431 e. The summed E-state index contributed by atoms with van der Waals surface area (Å²) in [5.41, 5.74) is 8.72. The number of aromatic nitrogens is 1. The molecule has 0 aliphatic carbocycles. The summed E-state index contributed by atoms with van der Waals surface area (Å²) in [5, 5.41) is 2.50. The fourth-order valence-corrected chi connectivity index (χ4v) is 2.49. The minimum absolute atomic E-state index is 0.621. The summed E-state index contributed by atoms with van der Waals surface area (Å²) in [5.74, 6) is 0.769. The Morgan fingerprint density at radius 3 is 2.44 bits per heavy atom. The van der Waals surface area contributed by atoms with E-state index in [9.17, 15) is 0 Å². The van der Waals surface area contributed by atoms with Crippen molar-refractivity contribution >= 4 is 33.0 Å². The molecule has 1 heterocycles. The molecule has 16 heavy (non-hydrogen) atoms. The standard InChI is InChI=1S/C11H11BrN2OS/c1-6-3-8(4-7(2)10(6)13)15-11-14-9(12)5-16-11/h3-5H,13H2,1-2H3. The van der Waals surface area contributed by atoms with Crippen molar-refractivity contribution in [1.82, 2.24) is 4.98 Å². The Labute approximate surface area is 106 Å². The fraction of sp³-hybridized carbons (Fsp3) is 0.182. The molecule has 2 aromatic rings. The average Bonchev–Trinajstić information content (AvgIpc) is 2.60. The highest BCUT2D eigenvalue weighted by atomic mass is 79.9. The summed E-state index contributed by atoms with van der Waals surface area (Å²) in [4.78, 5) is 4.17. The van der Waals surface area contributed by atoms with E-state index < -0.39 is 0 Å². The van der Waals surface area contributed by atoms with Gasteiger partial charge in [-0.3, -0.25) is 0 Å². The first-order valence-corrected chi connectivity index (χ1v) is 6.39. The highest BCUT2D eigenvalue weighted by Gasteiger charge is 2.06. The SMILES string of the molecule is Cc1cc(Oc2nc(Br)cs2)cc(C)c1N. The summed E-state index contributed by atoms with van der Waals surface area (Å²) in [7, 11) is 0. The third kappa shape index (κ3) is 2.36. The molecule has 2 rings (SSSR count). The van der Waals surface area contributed by atoms with Crippen molar-refractivity contribution in [2.24, 2.45) is 0 Å². The molecule has 5 heteroatoms. The Morgan fingerprint density at radius 2 is 1.94 bits per heavy atom. The summed E-state index contributed by atoms with van der Waals surface area (Å²) in [6.45, 7) is 3.93. The molecule has 0 saturated carbocycles. The normalized spacial score (nSPS) is 10.4. The van der Waals surface area contributed by atoms with Gasteiger partial charge in [-0.2, -0.15) is 4.98 Å². The van der Waals surface area contributed by atoms with Crippen molar-refractivity contribution in [1.29, 1.82) is 0 Å². The van der Waals surface area contributed by atoms with E-state index in [-0.39, 0.29) is 0 Å². The van der Waals surface area contributed by atoms with E-state index in [0.29, 0.717) is 5.19 Å². The number of halogens is 1. The molecule has 0 aliphatic heterocycles. The Kier molecular flexibility index (Phi) is 3.16. The monoisotopic (exact) mass is 298 g/mol. The van der Waals surface area contributed by atoms with E-state index in [2.05, 4.69) is 20.9 Å². The fourth-order valence-electron chi connectivity index (χ4n) is 1.38. The molecule has 0 aliphatic rings. The highest BCUT2D eigenvalue weighted by Crippen LogP contribution is 2.30. The maximum absolute atomic E-state index is 5.87. The minimum Gasteiger partial charge on any atom is -0.431 e. The van der Waals surface area contributed by atoms with Gasteiger partial charge in [0.05, 0.1) is 0 Å². The summed E-state index contributed by atoms with van der Waals surface area (Å²) in [6.07, 6.45) is 0. The predicted molar refractivity (Wildman–Crippen MR) is 70.2 cm³/mol. The molecule has 0 atom stereocenters. The number of hydrogen-bond acceptors (Lipinski definition) is 4. The molecule has 0 radical (unpaired) electrons. The number of rotatable bonds is 2. The van der Waals surface area contributed by atoms with Crippen LogP contribution in [-0.4, -0.2) is 4.98 Å². The Balaban J connectivity index is 2.28. The zero-order valence-corrected chi connectivity index (χ0v) is 11.4. The molecule has 1 aromatic carbocycles. The molecule has 0 bridgehead atoms. The van der Waals surface area contributed by atoms with Crippen LogP contribution in [0.3, 0.4) is 0 Å². The maximum atomic E-state index is 5.87. The molecule has 0 unspecified atom stereocenters. The lowest BCUT2D eigenvalue weighted by Gasteiger charge is -2.08. The quantitative estimate of drug-likeness (QED) is 0.856. The predicted octanol–water partition coefficient (Wildman–Crippen LogP) is 3.90. The summed E-state index contributed by atoms with van der Waals surface area (Å²) in [6, 6.07) is 3.83. The number of thiazole rings is 1. The van der Waals surface area contributed by atoms with E-state index in [1.165, 1.54) is 11.3 Å². The van der Waals surface area contributed by atoms with Gasteiger partial charge in [-0.25, -0.2) is 0 Å². The minimum atomic E-state index is 0.621. The molecule has 0 spiro atoms. The molecule has 3 nitrogen and oxygen atoms in total. The smallest absolute Gasteiger partial charge is 0.279 e. The second-order valence-corrected chi connectivity index (χ2v) is 5.14. The van der Waals surface area contributed by atoms with Gasteiger partial charge in [0.1, 0.15) is 10.4 Å². The summed E-state index contributed by atoms with van der Waals surface area (Å²) < 4.78 is 6.43. The molecule has 0 amide bonds. The van der Waals surface area contributed by atoms with Crippen LogP contribution >= 0.6 is 27.3 Å². The highest BCUT2D eigenvalue weighted by molar-refractivity contribution is 9.10. The molecular weight excluding hydrogens is 288 g/mol. The number of hydrogen-bond donors (Lipinski definition) is 1. The van der Waals surface area contributed by atoms with Gasteiger partial charge in [0, 0.05) is 11.1 Å². The van der Waals surface area contributed by atoms with E-state index in [4.69, 9.17) is 10.5 Å². The van der Waals surface area contributed by atoms with Gasteiger partial charge < -0.3 is 10.5 Å². The van der Waals surface area contributed by atoms with Gasteiger partial charge in [0.2, 0.25) is 0 Å². The number of ether oxygens (including phenoxy) is 1. The van der Waals surface area contributed by atoms with Crippen LogP contribution < -0.4 is 10.5 Å². The van der Waals surface area contributed by atoms with Crippen LogP contribution in [-0.2, 0) is 0 Å². The molecule has 2 N–H and O–H groups in total. The lowest BCUT2D eigenvalue weighted by Crippen LogP contribution is -1.94. The van der Waals surface area contributed by atoms with E-state index in [1.54, 1.807) is 0 Å². The van der Waals surface area contributed by atoms with Crippen molar-refractivity contribution < 1.29 is 4.74 Å². The average molecular weight is 299 g/mol. The van der Waals surface area contributed by atoms with Gasteiger partial charge >= 0.3 is 0 Å². The molecule has 0 fully saturated rings. The van der Waals surface area contributed by atoms with Gasteiger partial charge in [0.15, 0.2) is 0 Å². The van der Waals surface area contributed by atoms with Crippen molar-refractivity contribution in [3.63, 3.8) is 0 Å². The molecule has 0 saturated heterocycles. The van der Waals surface area contributed by atoms with Crippen LogP contribution in [0.4, 0.5) is 5.69 Å². The Morgan fingerprint density at radius 1 is 1.31 bits per heavy atom. The molecule has 1 aromatic heterocycles. The van der Waals surface area contributed by atoms with Gasteiger partial charge in [-0.05, 0) is 53.0 Å². The van der Waals surface area contributed by atoms with Gasteiger partial charge in [-0.1, -0.05) is 11.3 Å². The number of benzene rings is 1. The van der Waals surface area contributed by atoms with Crippen LogP contribution in [0.2, 0.25) is 0 Å². The summed E-state index contributed by atoms with van der Waals surface area (Å²) >= 11 is 4.73. The van der Waals surface area contributed by atoms with Crippen molar-refractivity contribution in [3.05, 3.63) is 33.2 Å². The van der Waals surface area contributed by atoms with Crippen LogP contribution in [0.15, 0.2) is 22.1 Å². The van der Waals surface area contributed by atoms with Crippen LogP contribution in [0, 0.1) is 13.8 Å². The Hall–Kier alpha value is -1.07. The zero-order valence-electron chi connectivity index (χ0n) is 8.95. The first-order valence-electron chi connectivity index (χ1n) is 4.72. The van der Waals surface area contributed by atoms with Gasteiger partial charge in [-0.15, -0.1) is 0 Å². The second kappa shape index (κ2) is 4.43. The van der Waals surface area contributed by atoms with E-state index in [1.807, 2.05) is 31.4 Å². The van der Waals surface area contributed by atoms with Crippen molar-refractivity contribution in [3.8, 4) is 10.9 Å². The number of nitrogen functional groups attached to an aromatic ring is 1. The first-order chi connectivity index (χ1) is 7.56. The van der Waals surface area contributed by atoms with Crippen molar-refractivity contribution in [2.75, 3.05) is 5.73 Å². The van der Waals surface area contributed by atoms with Crippen LogP contribution in [0.1, 0.15) is 11.1 Å². The lowest BCUT2D eigenvalue weighted by atomic mass is 10.1. The number of nitrogens with two attached hydrogens (primary N) is 1. The van der Waals surface area contributed by atoms with E-state index >= 15 is 0 Å². The lowest BCUT2D eigenvalue weighted by molar-refractivity contribution is 0.477. The zero-order chi connectivity index (χ0) is 11.7. The Bertz CT molecular complexity index is 501. The molecule has 84 valence electrons. The first kappa shape index (κ1) is 11.4. The van der Waals surface area contributed by atoms with Crippen molar-refractivity contribution in [2.45, 2.75) is 13.8 Å². The third-order valence-electron chi connectivity index (χ3n) is 2.23. The second-order valence-electron chi connectivity index (χ2n) is 3.51. The van der Waals surface area contributed by atoms with Crippen LogP contribution in [0.25, 0.3) is 0 Å². The number of anilines is 1. The van der Waals surface area contributed by atoms with Crippen LogP contribution in [0.5, 0.6) is 10.9 Å². The van der Waals surface area contributed by atoms with E-state index in [0.717, 1.165) is 27.2 Å². The molecular formula is C11H11BrN2OS. The third-order valence-corrected chi connectivity index (χ3v) is 3.65. The number of nitrogens with zero attached hydrogens (tertiary/aromatic N) is 1. The topological polar surface area (TPSA) is 48.1 Å². The van der Waals surface area contributed by atoms with Gasteiger partial charge in [0.25, 0.3) is 5.19 Å². The maximum Gasteiger partial charge on any atom is 0.279 e. The number of aryl methyl sites for hydroxylation is 2.